The van der Waals surface area contributed by atoms with E-state index in [-0.39, 0.29) is 17.5 Å². The lowest BCUT2D eigenvalue weighted by atomic mass is 9.97. The van der Waals surface area contributed by atoms with Gasteiger partial charge in [0.05, 0.1) is 5.41 Å². The van der Waals surface area contributed by atoms with Gasteiger partial charge in [0.25, 0.3) is 0 Å². The lowest BCUT2D eigenvalue weighted by Crippen LogP contribution is -2.39. The topological polar surface area (TPSA) is 38.3 Å². The number of piperidine rings is 1. The standard InChI is InChI=1S/C10H19NO2/c1-10(2,3)9(12)13-8-5-4-6-11-7-8/h8,11H,4-7H2,1-3H3/t8-/m0/s1. The zero-order valence-electron chi connectivity index (χ0n) is 8.72. The molecule has 0 saturated carbocycles. The maximum Gasteiger partial charge on any atom is 0.311 e. The van der Waals surface area contributed by atoms with Gasteiger partial charge >= 0.3 is 5.97 Å². The van der Waals surface area contributed by atoms with Crippen molar-refractivity contribution in [3.63, 3.8) is 0 Å². The molecule has 1 rings (SSSR count). The van der Waals surface area contributed by atoms with Crippen LogP contribution in [0.25, 0.3) is 0 Å². The molecule has 1 N–H and O–H groups in total. The number of nitrogens with one attached hydrogen (secondary N) is 1. The third-order valence-corrected chi connectivity index (χ3v) is 2.14. The molecule has 0 aliphatic carbocycles. The Bertz CT molecular complexity index is 178. The molecule has 13 heavy (non-hydrogen) atoms. The molecule has 0 aromatic carbocycles. The first kappa shape index (κ1) is 10.5. The number of hydrogen-bond donors (Lipinski definition) is 1. The van der Waals surface area contributed by atoms with Crippen molar-refractivity contribution in [1.82, 2.24) is 5.32 Å². The van der Waals surface area contributed by atoms with Crippen molar-refractivity contribution >= 4 is 5.97 Å². The predicted molar refractivity (Wildman–Crippen MR) is 51.4 cm³/mol. The number of rotatable bonds is 1. The van der Waals surface area contributed by atoms with Crippen molar-refractivity contribution in [2.45, 2.75) is 39.7 Å². The Morgan fingerprint density at radius 1 is 1.46 bits per heavy atom. The van der Waals surface area contributed by atoms with E-state index in [4.69, 9.17) is 4.74 Å². The van der Waals surface area contributed by atoms with Gasteiger partial charge in [-0.2, -0.15) is 0 Å². The average Bonchev–Trinajstić information content (AvgIpc) is 2.04. The lowest BCUT2D eigenvalue weighted by molar-refractivity contribution is -0.159. The first-order valence-corrected chi connectivity index (χ1v) is 4.92. The van der Waals surface area contributed by atoms with Gasteiger partial charge in [0, 0.05) is 6.54 Å². The molecule has 1 saturated heterocycles. The Morgan fingerprint density at radius 2 is 2.15 bits per heavy atom. The molecule has 0 spiro atoms. The predicted octanol–water partition coefficient (Wildman–Crippen LogP) is 1.33. The summed E-state index contributed by atoms with van der Waals surface area (Å²) in [6.45, 7) is 7.49. The molecule has 0 radical (unpaired) electrons. The van der Waals surface area contributed by atoms with Crippen LogP contribution in [0.2, 0.25) is 0 Å². The SMILES string of the molecule is CC(C)(C)C(=O)O[C@H]1CCCNC1. The van der Waals surface area contributed by atoms with Gasteiger partial charge in [-0.25, -0.2) is 0 Å². The van der Waals surface area contributed by atoms with E-state index in [2.05, 4.69) is 5.32 Å². The summed E-state index contributed by atoms with van der Waals surface area (Å²) in [6, 6.07) is 0. The smallest absolute Gasteiger partial charge is 0.311 e. The maximum atomic E-state index is 11.5. The molecule has 1 atom stereocenters. The third-order valence-electron chi connectivity index (χ3n) is 2.14. The number of hydrogen-bond acceptors (Lipinski definition) is 3. The quantitative estimate of drug-likeness (QED) is 0.626. The summed E-state index contributed by atoms with van der Waals surface area (Å²) in [5, 5.41) is 3.21. The van der Waals surface area contributed by atoms with Gasteiger partial charge in [-0.1, -0.05) is 0 Å². The van der Waals surface area contributed by atoms with Crippen molar-refractivity contribution in [3.05, 3.63) is 0 Å². The molecule has 3 nitrogen and oxygen atoms in total. The Labute approximate surface area is 79.8 Å². The summed E-state index contributed by atoms with van der Waals surface area (Å²) in [7, 11) is 0. The van der Waals surface area contributed by atoms with Gasteiger partial charge < -0.3 is 10.1 Å². The second kappa shape index (κ2) is 4.09. The fourth-order valence-corrected chi connectivity index (χ4v) is 1.25. The summed E-state index contributed by atoms with van der Waals surface area (Å²) in [5.41, 5.74) is -0.378. The lowest BCUT2D eigenvalue weighted by Gasteiger charge is -2.26. The minimum Gasteiger partial charge on any atom is -0.461 e. The molecule has 0 amide bonds. The molecule has 0 bridgehead atoms. The van der Waals surface area contributed by atoms with E-state index in [9.17, 15) is 4.79 Å². The van der Waals surface area contributed by atoms with Crippen molar-refractivity contribution in [2.75, 3.05) is 13.1 Å². The van der Waals surface area contributed by atoms with Crippen LogP contribution in [0.5, 0.6) is 0 Å². The Hall–Kier alpha value is -0.570. The summed E-state index contributed by atoms with van der Waals surface area (Å²) in [6.07, 6.45) is 2.18. The molecule has 0 unspecified atom stereocenters. The second-order valence-corrected chi connectivity index (χ2v) is 4.62. The van der Waals surface area contributed by atoms with Gasteiger partial charge in [0.15, 0.2) is 0 Å². The van der Waals surface area contributed by atoms with Crippen LogP contribution in [0.3, 0.4) is 0 Å². The molecular weight excluding hydrogens is 166 g/mol. The van der Waals surface area contributed by atoms with E-state index in [1.54, 1.807) is 0 Å². The highest BCUT2D eigenvalue weighted by molar-refractivity contribution is 5.75. The normalized spacial score (nSPS) is 24.1. The summed E-state index contributed by atoms with van der Waals surface area (Å²) in [5.74, 6) is -0.0961. The van der Waals surface area contributed by atoms with Gasteiger partial charge in [0.1, 0.15) is 6.10 Å². The van der Waals surface area contributed by atoms with Crippen molar-refractivity contribution in [3.8, 4) is 0 Å². The molecule has 76 valence electrons. The minimum atomic E-state index is -0.378. The summed E-state index contributed by atoms with van der Waals surface area (Å²) < 4.78 is 5.35. The van der Waals surface area contributed by atoms with Crippen LogP contribution in [0.4, 0.5) is 0 Å². The largest absolute Gasteiger partial charge is 0.461 e. The van der Waals surface area contributed by atoms with Crippen LogP contribution in [0, 0.1) is 5.41 Å². The first-order chi connectivity index (χ1) is 6.00. The number of esters is 1. The van der Waals surface area contributed by atoms with Crippen LogP contribution in [-0.4, -0.2) is 25.2 Å². The molecule has 0 aromatic heterocycles. The first-order valence-electron chi connectivity index (χ1n) is 4.92. The number of ether oxygens (including phenoxy) is 1. The third kappa shape index (κ3) is 3.35. The van der Waals surface area contributed by atoms with E-state index in [0.717, 1.165) is 25.9 Å². The molecule has 0 aromatic rings. The summed E-state index contributed by atoms with van der Waals surface area (Å²) in [4.78, 5) is 11.5. The van der Waals surface area contributed by atoms with Crippen LogP contribution >= 0.6 is 0 Å². The van der Waals surface area contributed by atoms with Gasteiger partial charge in [-0.15, -0.1) is 0 Å². The van der Waals surface area contributed by atoms with Crippen molar-refractivity contribution < 1.29 is 9.53 Å². The van der Waals surface area contributed by atoms with E-state index in [0.29, 0.717) is 0 Å². The Balaban J connectivity index is 2.35. The van der Waals surface area contributed by atoms with Crippen LogP contribution in [0.1, 0.15) is 33.6 Å². The van der Waals surface area contributed by atoms with E-state index in [1.165, 1.54) is 0 Å². The highest BCUT2D eigenvalue weighted by Crippen LogP contribution is 2.18. The monoisotopic (exact) mass is 185 g/mol. The summed E-state index contributed by atoms with van der Waals surface area (Å²) >= 11 is 0. The second-order valence-electron chi connectivity index (χ2n) is 4.62. The van der Waals surface area contributed by atoms with E-state index >= 15 is 0 Å². The fourth-order valence-electron chi connectivity index (χ4n) is 1.25. The molecular formula is C10H19NO2. The molecule has 1 aliphatic heterocycles. The number of carbonyl (C=O) groups is 1. The molecule has 1 heterocycles. The number of carbonyl (C=O) groups excluding carboxylic acids is 1. The highest BCUT2D eigenvalue weighted by Gasteiger charge is 2.26. The Kier molecular flexibility index (Phi) is 3.31. The molecule has 1 fully saturated rings. The van der Waals surface area contributed by atoms with Gasteiger partial charge in [-0.05, 0) is 40.2 Å². The van der Waals surface area contributed by atoms with Crippen LogP contribution in [0.15, 0.2) is 0 Å². The van der Waals surface area contributed by atoms with Crippen LogP contribution < -0.4 is 5.32 Å². The minimum absolute atomic E-state index is 0.0838. The highest BCUT2D eigenvalue weighted by atomic mass is 16.5. The molecule has 3 heteroatoms. The maximum absolute atomic E-state index is 11.5. The van der Waals surface area contributed by atoms with Gasteiger partial charge in [0.2, 0.25) is 0 Å². The average molecular weight is 185 g/mol. The molecule has 1 aliphatic rings. The van der Waals surface area contributed by atoms with Crippen molar-refractivity contribution in [2.24, 2.45) is 5.41 Å². The zero-order valence-corrected chi connectivity index (χ0v) is 8.72. The van der Waals surface area contributed by atoms with E-state index in [1.807, 2.05) is 20.8 Å². The fraction of sp³-hybridized carbons (Fsp3) is 0.900. The Morgan fingerprint density at radius 3 is 2.62 bits per heavy atom. The van der Waals surface area contributed by atoms with E-state index < -0.39 is 0 Å². The zero-order chi connectivity index (χ0) is 9.90. The van der Waals surface area contributed by atoms with Crippen molar-refractivity contribution in [1.29, 1.82) is 0 Å². The van der Waals surface area contributed by atoms with Gasteiger partial charge in [-0.3, -0.25) is 4.79 Å². The van der Waals surface area contributed by atoms with Crippen LogP contribution in [-0.2, 0) is 9.53 Å².